The third kappa shape index (κ3) is 5.32. The normalized spacial score (nSPS) is 17.2. The summed E-state index contributed by atoms with van der Waals surface area (Å²) in [6.07, 6.45) is -1.16. The van der Waals surface area contributed by atoms with Gasteiger partial charge in [0, 0.05) is 26.2 Å². The van der Waals surface area contributed by atoms with Crippen LogP contribution in [0, 0.1) is 5.82 Å². The first-order chi connectivity index (χ1) is 16.7. The number of hydrogen-bond acceptors (Lipinski definition) is 7. The summed E-state index contributed by atoms with van der Waals surface area (Å²) in [5.74, 6) is -0.979. The molecule has 0 saturated carbocycles. The Morgan fingerprint density at radius 1 is 1.20 bits per heavy atom. The van der Waals surface area contributed by atoms with Gasteiger partial charge >= 0.3 is 6.18 Å². The number of aryl methyl sites for hydroxylation is 1. The largest absolute Gasteiger partial charge is 0.467 e. The molecule has 35 heavy (non-hydrogen) atoms. The van der Waals surface area contributed by atoms with E-state index < -0.39 is 17.6 Å². The number of rotatable bonds is 8. The van der Waals surface area contributed by atoms with Gasteiger partial charge in [0.25, 0.3) is 0 Å². The van der Waals surface area contributed by atoms with Crippen LogP contribution in [0.3, 0.4) is 0 Å². The Balaban J connectivity index is 1.78. The molecule has 2 aromatic heterocycles. The van der Waals surface area contributed by atoms with E-state index in [1.54, 1.807) is 20.2 Å². The second-order valence-corrected chi connectivity index (χ2v) is 8.39. The predicted octanol–water partition coefficient (Wildman–Crippen LogP) is 4.46. The lowest BCUT2D eigenvalue weighted by atomic mass is 10.0. The summed E-state index contributed by atoms with van der Waals surface area (Å²) >= 11 is 0. The molecule has 1 aliphatic rings. The van der Waals surface area contributed by atoms with Gasteiger partial charge in [-0.25, -0.2) is 4.39 Å². The summed E-state index contributed by atoms with van der Waals surface area (Å²) in [4.78, 5) is 2.34. The van der Waals surface area contributed by atoms with Gasteiger partial charge in [-0.05, 0) is 45.0 Å². The number of ether oxygens (including phenoxy) is 2. The summed E-state index contributed by atoms with van der Waals surface area (Å²) in [5, 5.41) is 16.8. The van der Waals surface area contributed by atoms with Gasteiger partial charge in [-0.2, -0.15) is 18.3 Å². The van der Waals surface area contributed by atoms with Crippen LogP contribution < -0.4 is 10.1 Å². The van der Waals surface area contributed by atoms with Crippen LogP contribution in [-0.2, 0) is 18.0 Å². The molecule has 1 aliphatic heterocycles. The van der Waals surface area contributed by atoms with Gasteiger partial charge < -0.3 is 19.7 Å². The number of alkyl halides is 3. The Morgan fingerprint density at radius 3 is 2.71 bits per heavy atom. The second kappa shape index (κ2) is 10.3. The molecule has 1 atom stereocenters. The van der Waals surface area contributed by atoms with Crippen LogP contribution in [0.15, 0.2) is 18.3 Å². The van der Waals surface area contributed by atoms with Crippen molar-refractivity contribution < 1.29 is 27.0 Å². The van der Waals surface area contributed by atoms with E-state index in [2.05, 4.69) is 32.4 Å². The first kappa shape index (κ1) is 25.1. The molecule has 0 aliphatic carbocycles. The molecule has 12 heteroatoms. The molecule has 3 aromatic rings. The Hall–Kier alpha value is -2.99. The van der Waals surface area contributed by atoms with Crippen molar-refractivity contribution in [3.8, 4) is 17.0 Å². The van der Waals surface area contributed by atoms with Gasteiger partial charge in [0.1, 0.15) is 22.8 Å². The summed E-state index contributed by atoms with van der Waals surface area (Å²) < 4.78 is 67.3. The zero-order valence-corrected chi connectivity index (χ0v) is 19.8. The Morgan fingerprint density at radius 2 is 2.00 bits per heavy atom. The van der Waals surface area contributed by atoms with E-state index >= 15 is 4.39 Å². The number of aromatic nitrogens is 4. The number of likely N-dealkylation sites (tertiary alicyclic amines) is 1. The summed E-state index contributed by atoms with van der Waals surface area (Å²) in [6.45, 7) is 6.59. The van der Waals surface area contributed by atoms with Crippen molar-refractivity contribution in [3.05, 3.63) is 29.7 Å². The first-order valence-electron chi connectivity index (χ1n) is 11.5. The smallest absolute Gasteiger partial charge is 0.416 e. The number of anilines is 1. The average molecular weight is 497 g/mol. The fourth-order valence-corrected chi connectivity index (χ4v) is 4.30. The van der Waals surface area contributed by atoms with Crippen molar-refractivity contribution in [2.24, 2.45) is 7.05 Å². The third-order valence-corrected chi connectivity index (χ3v) is 6.08. The quantitative estimate of drug-likeness (QED) is 0.280. The Bertz CT molecular complexity index is 1180. The van der Waals surface area contributed by atoms with Crippen LogP contribution >= 0.6 is 0 Å². The van der Waals surface area contributed by atoms with Crippen molar-refractivity contribution in [1.29, 1.82) is 0 Å². The van der Waals surface area contributed by atoms with E-state index in [-0.39, 0.29) is 36.4 Å². The molecule has 1 saturated heterocycles. The topological polar surface area (TPSA) is 77.3 Å². The number of nitrogens with one attached hydrogen (secondary N) is 1. The molecule has 1 aromatic carbocycles. The molecular weight excluding hydrogens is 468 g/mol. The van der Waals surface area contributed by atoms with Crippen molar-refractivity contribution in [2.45, 2.75) is 38.9 Å². The minimum absolute atomic E-state index is 0.0297. The molecule has 0 spiro atoms. The fraction of sp³-hybridized carbons (Fsp3) is 0.522. The van der Waals surface area contributed by atoms with Gasteiger partial charge in [-0.3, -0.25) is 4.68 Å². The maximum absolute atomic E-state index is 15.2. The number of halogens is 4. The monoisotopic (exact) mass is 496 g/mol. The molecule has 0 bridgehead atoms. The van der Waals surface area contributed by atoms with E-state index in [9.17, 15) is 13.2 Å². The molecule has 4 rings (SSSR count). The van der Waals surface area contributed by atoms with Crippen molar-refractivity contribution in [3.63, 3.8) is 0 Å². The average Bonchev–Trinajstić information content (AvgIpc) is 3.21. The standard InChI is InChI=1S/C23H28F4N6O2/c1-4-33-8-6-7-15(12-33)29-22-16-11-28-32(3)21(16)20(30-31-22)19-17(24)9-14(23(25,26)27)10-18(19)35-13-34-5-2/h9-11,15H,4-8,12-13H2,1-3H3,(H,29,31)/t15-/m1/s1. The van der Waals surface area contributed by atoms with Crippen LogP contribution in [0.5, 0.6) is 5.75 Å². The van der Waals surface area contributed by atoms with Crippen molar-refractivity contribution in [2.75, 3.05) is 38.4 Å². The number of benzene rings is 1. The highest BCUT2D eigenvalue weighted by Crippen LogP contribution is 2.41. The van der Waals surface area contributed by atoms with Crippen molar-refractivity contribution in [1.82, 2.24) is 24.9 Å². The molecule has 0 unspecified atom stereocenters. The van der Waals surface area contributed by atoms with Gasteiger partial charge in [0.05, 0.1) is 22.7 Å². The van der Waals surface area contributed by atoms with E-state index in [1.165, 1.54) is 4.68 Å². The van der Waals surface area contributed by atoms with E-state index in [1.807, 2.05) is 0 Å². The fourth-order valence-electron chi connectivity index (χ4n) is 4.30. The highest BCUT2D eigenvalue weighted by atomic mass is 19.4. The van der Waals surface area contributed by atoms with Gasteiger partial charge in [0.15, 0.2) is 12.6 Å². The molecule has 190 valence electrons. The minimum atomic E-state index is -4.75. The van der Waals surface area contributed by atoms with Crippen LogP contribution in [0.4, 0.5) is 23.4 Å². The van der Waals surface area contributed by atoms with Gasteiger partial charge in [-0.1, -0.05) is 6.92 Å². The lowest BCUT2D eigenvalue weighted by Gasteiger charge is -2.32. The first-order valence-corrected chi connectivity index (χ1v) is 11.5. The lowest BCUT2D eigenvalue weighted by Crippen LogP contribution is -2.42. The number of hydrogen-bond donors (Lipinski definition) is 1. The number of likely N-dealkylation sites (N-methyl/N-ethyl adjacent to an activating group) is 1. The maximum atomic E-state index is 15.2. The van der Waals surface area contributed by atoms with Crippen LogP contribution in [0.2, 0.25) is 0 Å². The molecule has 8 nitrogen and oxygen atoms in total. The van der Waals surface area contributed by atoms with Crippen molar-refractivity contribution >= 4 is 16.7 Å². The zero-order chi connectivity index (χ0) is 25.2. The lowest BCUT2D eigenvalue weighted by molar-refractivity contribution is -0.138. The SMILES string of the molecule is CCOCOc1cc(C(F)(F)F)cc(F)c1-c1nnc(N[C@@H]2CCCN(CC)C2)c2cnn(C)c12. The number of piperidine rings is 1. The van der Waals surface area contributed by atoms with Crippen LogP contribution in [0.1, 0.15) is 32.3 Å². The van der Waals surface area contributed by atoms with E-state index in [4.69, 9.17) is 9.47 Å². The van der Waals surface area contributed by atoms with Crippen LogP contribution in [0.25, 0.3) is 22.2 Å². The van der Waals surface area contributed by atoms with Gasteiger partial charge in [0.2, 0.25) is 0 Å². The second-order valence-electron chi connectivity index (χ2n) is 8.39. The van der Waals surface area contributed by atoms with E-state index in [0.717, 1.165) is 38.5 Å². The third-order valence-electron chi connectivity index (χ3n) is 6.08. The Labute approximate surface area is 200 Å². The predicted molar refractivity (Wildman–Crippen MR) is 123 cm³/mol. The highest BCUT2D eigenvalue weighted by molar-refractivity contribution is 5.98. The summed E-state index contributed by atoms with van der Waals surface area (Å²) in [5.41, 5.74) is -0.955. The van der Waals surface area contributed by atoms with Crippen LogP contribution in [-0.4, -0.2) is 64.0 Å². The highest BCUT2D eigenvalue weighted by Gasteiger charge is 2.34. The molecular formula is C23H28F4N6O2. The summed E-state index contributed by atoms with van der Waals surface area (Å²) in [7, 11) is 1.65. The molecule has 0 amide bonds. The number of nitrogens with zero attached hydrogens (tertiary/aromatic N) is 5. The molecule has 3 heterocycles. The van der Waals surface area contributed by atoms with Gasteiger partial charge in [-0.15, -0.1) is 10.2 Å². The zero-order valence-electron chi connectivity index (χ0n) is 19.8. The Kier molecular flexibility index (Phi) is 7.41. The minimum Gasteiger partial charge on any atom is -0.467 e. The molecule has 0 radical (unpaired) electrons. The maximum Gasteiger partial charge on any atom is 0.416 e. The molecule has 1 fully saturated rings. The summed E-state index contributed by atoms with van der Waals surface area (Å²) in [6, 6.07) is 1.33. The van der Waals surface area contributed by atoms with E-state index in [0.29, 0.717) is 22.8 Å². The molecule has 1 N–H and O–H groups in total. The number of fused-ring (bicyclic) bond motifs is 1.